The minimum absolute atomic E-state index is 0.0941. The number of Topliss-reactive ketones (excluding diaryl/α,β-unsaturated/α-hetero) is 1. The molecule has 3 aromatic rings. The molecule has 2 aromatic heterocycles. The maximum Gasteiger partial charge on any atom is 0.483 e. The average Bonchev–Trinajstić information content (AvgIpc) is 3.12. The number of nitrogens with zero attached hydrogens (tertiary/aromatic N) is 2. The van der Waals surface area contributed by atoms with Gasteiger partial charge >= 0.3 is 6.29 Å². The number of carbonyl (C=O) groups excluding carboxylic acids is 2. The number of ketones is 1. The normalized spacial score (nSPS) is 10.3. The molecule has 0 spiro atoms. The lowest BCUT2D eigenvalue weighted by molar-refractivity contribution is 0.0983. The molecule has 0 radical (unpaired) electrons. The van der Waals surface area contributed by atoms with E-state index in [1.165, 1.54) is 0 Å². The van der Waals surface area contributed by atoms with E-state index >= 15 is 0 Å². The van der Waals surface area contributed by atoms with Crippen molar-refractivity contribution in [3.8, 4) is 5.75 Å². The number of ether oxygens (including phenoxy) is 2. The lowest BCUT2D eigenvalue weighted by atomic mass is 10.1. The fourth-order valence-corrected chi connectivity index (χ4v) is 2.60. The van der Waals surface area contributed by atoms with Crippen molar-refractivity contribution in [2.24, 2.45) is 0 Å². The highest BCUT2D eigenvalue weighted by molar-refractivity contribution is 5.97. The molecule has 29 heavy (non-hydrogen) atoms. The van der Waals surface area contributed by atoms with Gasteiger partial charge in [-0.1, -0.05) is 12.1 Å². The molecule has 0 saturated heterocycles. The average molecular weight is 405 g/mol. The molecule has 0 atom stereocenters. The van der Waals surface area contributed by atoms with Crippen molar-refractivity contribution in [3.63, 3.8) is 0 Å². The summed E-state index contributed by atoms with van der Waals surface area (Å²) in [6, 6.07) is 9.40. The molecule has 0 amide bonds. The van der Waals surface area contributed by atoms with Gasteiger partial charge in [0.1, 0.15) is 5.75 Å². The molecule has 2 heterocycles. The fraction of sp³-hybridized carbons (Fsp3) is 0.300. The van der Waals surface area contributed by atoms with E-state index in [0.29, 0.717) is 24.7 Å². The number of benzene rings is 1. The van der Waals surface area contributed by atoms with Crippen LogP contribution in [0.5, 0.6) is 5.75 Å². The molecule has 0 unspecified atom stereocenters. The Kier molecular flexibility index (Phi) is 8.35. The van der Waals surface area contributed by atoms with Crippen molar-refractivity contribution in [2.75, 3.05) is 20.3 Å². The van der Waals surface area contributed by atoms with Gasteiger partial charge in [-0.05, 0) is 25.1 Å². The third-order valence-corrected chi connectivity index (χ3v) is 3.99. The SMILES string of the molecule is COCCCOc1ccnc(CC(=O)c2nc3ccccc3[nH]2)c1C.O=C(F)F. The van der Waals surface area contributed by atoms with Gasteiger partial charge in [0.25, 0.3) is 0 Å². The first-order chi connectivity index (χ1) is 13.9. The largest absolute Gasteiger partial charge is 0.493 e. The number of fused-ring (bicyclic) bond motifs is 1. The number of H-pyrrole nitrogens is 1. The number of hydrogen-bond acceptors (Lipinski definition) is 6. The van der Waals surface area contributed by atoms with Gasteiger partial charge in [0, 0.05) is 31.9 Å². The van der Waals surface area contributed by atoms with Crippen LogP contribution in [0.3, 0.4) is 0 Å². The fourth-order valence-electron chi connectivity index (χ4n) is 2.60. The summed E-state index contributed by atoms with van der Waals surface area (Å²) in [7, 11) is 1.67. The summed E-state index contributed by atoms with van der Waals surface area (Å²) in [4.78, 5) is 32.4. The number of imidazole rings is 1. The number of hydrogen-bond donors (Lipinski definition) is 1. The molecule has 9 heteroatoms. The van der Waals surface area contributed by atoms with Crippen molar-refractivity contribution < 1.29 is 27.8 Å². The Bertz CT molecular complexity index is 938. The van der Waals surface area contributed by atoms with E-state index in [1.54, 1.807) is 13.3 Å². The Morgan fingerprint density at radius 3 is 2.55 bits per heavy atom. The van der Waals surface area contributed by atoms with Crippen LogP contribution in [-0.4, -0.2) is 47.3 Å². The number of aromatic amines is 1. The zero-order valence-corrected chi connectivity index (χ0v) is 16.1. The molecule has 154 valence electrons. The third-order valence-electron chi connectivity index (χ3n) is 3.99. The van der Waals surface area contributed by atoms with Crippen LogP contribution in [0.4, 0.5) is 13.6 Å². The number of carbonyl (C=O) groups is 2. The molecule has 1 N–H and O–H groups in total. The van der Waals surface area contributed by atoms with E-state index in [9.17, 15) is 13.6 Å². The van der Waals surface area contributed by atoms with Crippen LogP contribution in [0.2, 0.25) is 0 Å². The van der Waals surface area contributed by atoms with Gasteiger partial charge < -0.3 is 14.5 Å². The number of aromatic nitrogens is 3. The van der Waals surface area contributed by atoms with Crippen molar-refractivity contribution >= 4 is 23.1 Å². The van der Waals surface area contributed by atoms with Gasteiger partial charge in [-0.25, -0.2) is 9.78 Å². The lowest BCUT2D eigenvalue weighted by Crippen LogP contribution is -2.10. The molecule has 0 saturated carbocycles. The quantitative estimate of drug-likeness (QED) is 0.344. The molecule has 7 nitrogen and oxygen atoms in total. The molecule has 0 fully saturated rings. The molecule has 0 aliphatic heterocycles. The minimum Gasteiger partial charge on any atom is -0.493 e. The Morgan fingerprint density at radius 1 is 1.14 bits per heavy atom. The Balaban J connectivity index is 0.000000687. The summed E-state index contributed by atoms with van der Waals surface area (Å²) in [6.07, 6.45) is -0.174. The van der Waals surface area contributed by atoms with Crippen LogP contribution < -0.4 is 4.74 Å². The Hall–Kier alpha value is -3.20. The van der Waals surface area contributed by atoms with Gasteiger partial charge in [-0.15, -0.1) is 8.78 Å². The smallest absolute Gasteiger partial charge is 0.483 e. The number of rotatable bonds is 8. The van der Waals surface area contributed by atoms with Gasteiger partial charge in [-0.2, -0.15) is 0 Å². The highest BCUT2D eigenvalue weighted by atomic mass is 19.3. The second-order valence-electron chi connectivity index (χ2n) is 6.00. The van der Waals surface area contributed by atoms with E-state index in [0.717, 1.165) is 28.8 Å². The highest BCUT2D eigenvalue weighted by Gasteiger charge is 2.16. The summed E-state index contributed by atoms with van der Waals surface area (Å²) in [5.41, 5.74) is 3.22. The van der Waals surface area contributed by atoms with Crippen LogP contribution >= 0.6 is 0 Å². The molecule has 3 rings (SSSR count). The second kappa shape index (κ2) is 11.0. The second-order valence-corrected chi connectivity index (χ2v) is 6.00. The molecule has 0 bridgehead atoms. The van der Waals surface area contributed by atoms with E-state index in [4.69, 9.17) is 14.3 Å². The number of halogens is 2. The van der Waals surface area contributed by atoms with Crippen molar-refractivity contribution in [2.45, 2.75) is 19.8 Å². The van der Waals surface area contributed by atoms with Crippen LogP contribution in [-0.2, 0) is 11.2 Å². The van der Waals surface area contributed by atoms with Crippen LogP contribution in [0.1, 0.15) is 28.3 Å². The lowest BCUT2D eigenvalue weighted by Gasteiger charge is -2.11. The topological polar surface area (TPSA) is 94.2 Å². The van der Waals surface area contributed by atoms with Gasteiger partial charge in [0.05, 0.1) is 29.8 Å². The van der Waals surface area contributed by atoms with E-state index in [1.807, 2.05) is 37.3 Å². The van der Waals surface area contributed by atoms with E-state index in [-0.39, 0.29) is 12.2 Å². The zero-order chi connectivity index (χ0) is 21.2. The standard InChI is InChI=1S/C19H21N3O3.CF2O/c1-13-16(20-9-8-18(13)25-11-5-10-24-2)12-17(23)19-21-14-6-3-4-7-15(14)22-19;2-1(3)4/h3-4,6-9H,5,10-12H2,1-2H3,(H,21,22);. The summed E-state index contributed by atoms with van der Waals surface area (Å²) < 4.78 is 30.2. The number of pyridine rings is 1. The van der Waals surface area contributed by atoms with Crippen molar-refractivity contribution in [3.05, 3.63) is 53.6 Å². The van der Waals surface area contributed by atoms with Crippen molar-refractivity contribution in [1.82, 2.24) is 15.0 Å². The predicted molar refractivity (Wildman–Crippen MR) is 103 cm³/mol. The maximum absolute atomic E-state index is 12.6. The van der Waals surface area contributed by atoms with Gasteiger partial charge in [0.15, 0.2) is 5.82 Å². The van der Waals surface area contributed by atoms with Crippen LogP contribution in [0.15, 0.2) is 36.5 Å². The first-order valence-corrected chi connectivity index (χ1v) is 8.81. The summed E-state index contributed by atoms with van der Waals surface area (Å²) in [5, 5.41) is 0. The summed E-state index contributed by atoms with van der Waals surface area (Å²) >= 11 is 0. The van der Waals surface area contributed by atoms with Gasteiger partial charge in [-0.3, -0.25) is 9.78 Å². The first kappa shape index (κ1) is 22.1. The zero-order valence-electron chi connectivity index (χ0n) is 16.1. The Morgan fingerprint density at radius 2 is 1.86 bits per heavy atom. The number of nitrogens with one attached hydrogen (secondary N) is 1. The molecular formula is C20H21F2N3O4. The summed E-state index contributed by atoms with van der Waals surface area (Å²) in [6.45, 7) is 3.14. The third kappa shape index (κ3) is 6.72. The van der Waals surface area contributed by atoms with Crippen LogP contribution in [0, 0.1) is 6.92 Å². The van der Waals surface area contributed by atoms with Crippen LogP contribution in [0.25, 0.3) is 11.0 Å². The predicted octanol–water partition coefficient (Wildman–Crippen LogP) is 4.15. The Labute approximate surface area is 166 Å². The van der Waals surface area contributed by atoms with E-state index < -0.39 is 6.29 Å². The van der Waals surface area contributed by atoms with E-state index in [2.05, 4.69) is 15.0 Å². The molecular weight excluding hydrogens is 384 g/mol. The number of para-hydroxylation sites is 2. The molecule has 0 aliphatic rings. The summed E-state index contributed by atoms with van der Waals surface area (Å²) in [5.74, 6) is 1.01. The number of methoxy groups -OCH3 is 1. The highest BCUT2D eigenvalue weighted by Crippen LogP contribution is 2.21. The monoisotopic (exact) mass is 405 g/mol. The minimum atomic E-state index is -2.83. The maximum atomic E-state index is 12.6. The first-order valence-electron chi connectivity index (χ1n) is 8.81. The molecule has 1 aromatic carbocycles. The van der Waals surface area contributed by atoms with Crippen molar-refractivity contribution in [1.29, 1.82) is 0 Å². The molecule has 0 aliphatic carbocycles. The van der Waals surface area contributed by atoms with Gasteiger partial charge in [0.2, 0.25) is 5.78 Å².